The van der Waals surface area contributed by atoms with E-state index >= 15 is 0 Å². The van der Waals surface area contributed by atoms with Gasteiger partial charge in [-0.2, -0.15) is 0 Å². The zero-order chi connectivity index (χ0) is 21.1. The molecule has 0 aliphatic carbocycles. The van der Waals surface area contributed by atoms with E-state index in [1.54, 1.807) is 17.8 Å². The Bertz CT molecular complexity index is 1030. The predicted octanol–water partition coefficient (Wildman–Crippen LogP) is 1.19. The average molecular weight is 411 g/mol. The Morgan fingerprint density at radius 1 is 1.20 bits per heavy atom. The Morgan fingerprint density at radius 3 is 2.73 bits per heavy atom. The molecule has 0 spiro atoms. The van der Waals surface area contributed by atoms with Crippen molar-refractivity contribution in [3.8, 4) is 0 Å². The number of rotatable bonds is 6. The Kier molecular flexibility index (Phi) is 5.55. The normalized spacial score (nSPS) is 18.5. The summed E-state index contributed by atoms with van der Waals surface area (Å²) < 4.78 is 17.2. The van der Waals surface area contributed by atoms with Crippen molar-refractivity contribution in [2.45, 2.75) is 31.7 Å². The van der Waals surface area contributed by atoms with Crippen LogP contribution in [0.2, 0.25) is 0 Å². The summed E-state index contributed by atoms with van der Waals surface area (Å²) in [5, 5.41) is 10.7. The number of hydrogen-bond acceptors (Lipinski definition) is 5. The van der Waals surface area contributed by atoms with E-state index in [0.717, 1.165) is 5.56 Å². The molecule has 1 aliphatic rings. The molecule has 0 bridgehead atoms. The number of likely N-dealkylation sites (tertiary alicyclic amines) is 1. The molecule has 0 saturated carbocycles. The maximum atomic E-state index is 14.1. The smallest absolute Gasteiger partial charge is 0.274 e. The minimum atomic E-state index is -1.11. The Balaban J connectivity index is 1.39. The highest BCUT2D eigenvalue weighted by Crippen LogP contribution is 2.23. The van der Waals surface area contributed by atoms with E-state index in [0.29, 0.717) is 6.54 Å². The van der Waals surface area contributed by atoms with Crippen LogP contribution in [0.5, 0.6) is 0 Å². The number of aromatic nitrogens is 5. The highest BCUT2D eigenvalue weighted by Gasteiger charge is 2.37. The molecule has 2 aromatic heterocycles. The number of hydrogen-bond donors (Lipinski definition) is 1. The third kappa shape index (κ3) is 4.37. The number of nitrogens with one attached hydrogen (secondary N) is 1. The van der Waals surface area contributed by atoms with Crippen LogP contribution in [0.25, 0.3) is 0 Å². The van der Waals surface area contributed by atoms with E-state index in [2.05, 4.69) is 20.6 Å². The molecule has 30 heavy (non-hydrogen) atoms. The van der Waals surface area contributed by atoms with Crippen molar-refractivity contribution < 1.29 is 14.0 Å². The largest absolute Gasteiger partial charge is 0.347 e. The van der Waals surface area contributed by atoms with Crippen LogP contribution in [0.1, 0.15) is 33.0 Å². The number of carbonyl (C=O) groups excluding carboxylic acids is 2. The minimum Gasteiger partial charge on any atom is -0.347 e. The van der Waals surface area contributed by atoms with E-state index < -0.39 is 12.2 Å². The van der Waals surface area contributed by atoms with Gasteiger partial charge in [0.05, 0.1) is 31.7 Å². The van der Waals surface area contributed by atoms with Crippen LogP contribution in [0, 0.1) is 0 Å². The van der Waals surface area contributed by atoms with Gasteiger partial charge in [-0.25, -0.2) is 14.1 Å². The minimum absolute atomic E-state index is 0.0131. The lowest BCUT2D eigenvalue weighted by molar-refractivity contribution is 0.0708. The lowest BCUT2D eigenvalue weighted by Gasteiger charge is -2.23. The average Bonchev–Trinajstić information content (AvgIpc) is 3.47. The number of halogens is 1. The molecule has 3 aromatic rings. The van der Waals surface area contributed by atoms with E-state index in [4.69, 9.17) is 0 Å². The van der Waals surface area contributed by atoms with Gasteiger partial charge >= 0.3 is 0 Å². The van der Waals surface area contributed by atoms with Crippen LogP contribution < -0.4 is 5.32 Å². The summed E-state index contributed by atoms with van der Waals surface area (Å²) in [6, 6.07) is 9.14. The maximum absolute atomic E-state index is 14.1. The fourth-order valence-electron chi connectivity index (χ4n) is 3.53. The third-order valence-electron chi connectivity index (χ3n) is 5.01. The molecule has 10 heteroatoms. The van der Waals surface area contributed by atoms with E-state index in [-0.39, 0.29) is 42.7 Å². The molecule has 1 N–H and O–H groups in total. The van der Waals surface area contributed by atoms with Gasteiger partial charge in [-0.05, 0) is 5.56 Å². The second-order valence-electron chi connectivity index (χ2n) is 7.36. The molecular formula is C20H22FN7O2. The SMILES string of the molecule is Cn1cnc(C(=O)N2CC(F)CC2Cn2cc(C(=O)NCc3ccccc3)nn2)c1. The van der Waals surface area contributed by atoms with Crippen molar-refractivity contribution in [3.05, 3.63) is 66.0 Å². The first-order chi connectivity index (χ1) is 14.5. The third-order valence-corrected chi connectivity index (χ3v) is 5.01. The number of imidazole rings is 1. The van der Waals surface area contributed by atoms with Crippen molar-refractivity contribution in [3.63, 3.8) is 0 Å². The molecular weight excluding hydrogens is 389 g/mol. The number of alkyl halides is 1. The van der Waals surface area contributed by atoms with E-state index in [9.17, 15) is 14.0 Å². The summed E-state index contributed by atoms with van der Waals surface area (Å²) in [7, 11) is 1.77. The zero-order valence-corrected chi connectivity index (χ0v) is 16.5. The van der Waals surface area contributed by atoms with Crippen LogP contribution in [-0.4, -0.2) is 60.0 Å². The van der Waals surface area contributed by atoms with Crippen LogP contribution in [0.15, 0.2) is 49.1 Å². The summed E-state index contributed by atoms with van der Waals surface area (Å²) >= 11 is 0. The van der Waals surface area contributed by atoms with Crippen molar-refractivity contribution >= 4 is 11.8 Å². The van der Waals surface area contributed by atoms with Gasteiger partial charge < -0.3 is 14.8 Å². The Labute approximate surface area is 172 Å². The van der Waals surface area contributed by atoms with Crippen LogP contribution in [-0.2, 0) is 20.1 Å². The molecule has 1 aliphatic heterocycles. The van der Waals surface area contributed by atoms with Gasteiger partial charge in [0.1, 0.15) is 11.9 Å². The maximum Gasteiger partial charge on any atom is 0.274 e. The summed E-state index contributed by atoms with van der Waals surface area (Å²) in [6.07, 6.45) is 3.74. The monoisotopic (exact) mass is 411 g/mol. The Hall–Kier alpha value is -3.56. The number of benzene rings is 1. The van der Waals surface area contributed by atoms with Crippen LogP contribution in [0.3, 0.4) is 0 Å². The quantitative estimate of drug-likeness (QED) is 0.657. The first-order valence-electron chi connectivity index (χ1n) is 9.65. The van der Waals surface area contributed by atoms with Crippen molar-refractivity contribution in [2.75, 3.05) is 6.54 Å². The summed E-state index contributed by atoms with van der Waals surface area (Å²) in [4.78, 5) is 30.6. The number of amides is 2. The second kappa shape index (κ2) is 8.44. The number of nitrogens with zero attached hydrogens (tertiary/aromatic N) is 6. The van der Waals surface area contributed by atoms with Gasteiger partial charge in [0.25, 0.3) is 11.8 Å². The second-order valence-corrected chi connectivity index (χ2v) is 7.36. The molecule has 9 nitrogen and oxygen atoms in total. The first kappa shape index (κ1) is 19.7. The summed E-state index contributed by atoms with van der Waals surface area (Å²) in [5.41, 5.74) is 1.42. The molecule has 1 aromatic carbocycles. The van der Waals surface area contributed by atoms with Gasteiger partial charge in [0.2, 0.25) is 0 Å². The van der Waals surface area contributed by atoms with E-state index in [1.165, 1.54) is 22.1 Å². The van der Waals surface area contributed by atoms with Gasteiger partial charge in [-0.3, -0.25) is 9.59 Å². The molecule has 4 rings (SSSR count). The molecule has 3 heterocycles. The molecule has 1 fully saturated rings. The Morgan fingerprint density at radius 2 is 2.00 bits per heavy atom. The molecule has 2 amide bonds. The molecule has 2 unspecified atom stereocenters. The molecule has 1 saturated heterocycles. The topological polar surface area (TPSA) is 97.9 Å². The van der Waals surface area contributed by atoms with Crippen LogP contribution in [0.4, 0.5) is 4.39 Å². The summed E-state index contributed by atoms with van der Waals surface area (Å²) in [5.74, 6) is -0.664. The van der Waals surface area contributed by atoms with Crippen molar-refractivity contribution in [1.82, 2.24) is 34.8 Å². The summed E-state index contributed by atoms with van der Waals surface area (Å²) in [6.45, 7) is 0.641. The van der Waals surface area contributed by atoms with E-state index in [1.807, 2.05) is 30.3 Å². The number of aryl methyl sites for hydroxylation is 1. The predicted molar refractivity (Wildman–Crippen MR) is 105 cm³/mol. The lowest BCUT2D eigenvalue weighted by Crippen LogP contribution is -2.38. The molecule has 2 atom stereocenters. The molecule has 156 valence electrons. The van der Waals surface area contributed by atoms with Gasteiger partial charge in [0, 0.05) is 26.2 Å². The van der Waals surface area contributed by atoms with Crippen LogP contribution >= 0.6 is 0 Å². The highest BCUT2D eigenvalue weighted by molar-refractivity contribution is 5.92. The van der Waals surface area contributed by atoms with Gasteiger partial charge in [-0.1, -0.05) is 35.5 Å². The zero-order valence-electron chi connectivity index (χ0n) is 16.5. The lowest BCUT2D eigenvalue weighted by atomic mass is 10.2. The fraction of sp³-hybridized carbons (Fsp3) is 0.350. The number of carbonyl (C=O) groups is 2. The standard InChI is InChI=1S/C20H22FN7O2/c1-26-11-18(23-13-26)20(30)28-9-15(21)7-16(28)10-27-12-17(24-25-27)19(29)22-8-14-5-3-2-4-6-14/h2-6,11-13,15-16H,7-10H2,1H3,(H,22,29). The van der Waals surface area contributed by atoms with Gasteiger partial charge in [-0.15, -0.1) is 5.10 Å². The van der Waals surface area contributed by atoms with Crippen molar-refractivity contribution in [1.29, 1.82) is 0 Å². The highest BCUT2D eigenvalue weighted by atomic mass is 19.1. The van der Waals surface area contributed by atoms with Gasteiger partial charge in [0.15, 0.2) is 5.69 Å². The van der Waals surface area contributed by atoms with Crippen molar-refractivity contribution in [2.24, 2.45) is 7.05 Å². The fourth-order valence-corrected chi connectivity index (χ4v) is 3.53. The molecule has 0 radical (unpaired) electrons. The first-order valence-corrected chi connectivity index (χ1v) is 9.65.